The maximum absolute atomic E-state index is 11.6. The number of aryl methyl sites for hydroxylation is 1. The van der Waals surface area contributed by atoms with Crippen LogP contribution in [0.15, 0.2) is 54.9 Å². The molecule has 0 bridgehead atoms. The monoisotopic (exact) mass is 477 g/mol. The van der Waals surface area contributed by atoms with E-state index in [1.807, 2.05) is 48.7 Å². The second-order valence-electron chi connectivity index (χ2n) is 9.51. The topological polar surface area (TPSA) is 95.8 Å². The van der Waals surface area contributed by atoms with Gasteiger partial charge in [0.25, 0.3) is 0 Å². The number of carboxylic acid groups (broad SMARTS) is 1. The summed E-state index contributed by atoms with van der Waals surface area (Å²) in [5.74, 6) is 0.368. The Morgan fingerprint density at radius 1 is 1.17 bits per heavy atom. The molecule has 1 saturated heterocycles. The fourth-order valence-corrected chi connectivity index (χ4v) is 5.32. The molecule has 7 nitrogen and oxygen atoms in total. The number of hydrogen-bond donors (Lipinski definition) is 2. The van der Waals surface area contributed by atoms with Gasteiger partial charge in [-0.15, -0.1) is 0 Å². The van der Waals surface area contributed by atoms with Crippen molar-refractivity contribution >= 4 is 16.9 Å². The maximum Gasteiger partial charge on any atom is 0.303 e. The van der Waals surface area contributed by atoms with Crippen molar-refractivity contribution in [3.63, 3.8) is 0 Å². The number of methoxy groups -OCH3 is 1. The van der Waals surface area contributed by atoms with Gasteiger partial charge in [0, 0.05) is 36.4 Å². The zero-order valence-corrected chi connectivity index (χ0v) is 20.3. The SMILES string of the molecule is COc1ccc2nccc([C@H](O)CC[C@@H]3CCN(CCCc4ccccn4)C[C@@H]3CC(=O)O)c2c1. The van der Waals surface area contributed by atoms with Gasteiger partial charge in [-0.05, 0) is 99.0 Å². The zero-order valence-electron chi connectivity index (χ0n) is 20.3. The van der Waals surface area contributed by atoms with E-state index in [-0.39, 0.29) is 18.3 Å². The Morgan fingerprint density at radius 3 is 2.83 bits per heavy atom. The molecular formula is C28H35N3O4. The molecule has 7 heteroatoms. The number of aliphatic hydroxyl groups is 1. The number of aromatic nitrogens is 2. The summed E-state index contributed by atoms with van der Waals surface area (Å²) in [6.07, 6.45) is 7.39. The van der Waals surface area contributed by atoms with Crippen LogP contribution < -0.4 is 4.74 Å². The highest BCUT2D eigenvalue weighted by atomic mass is 16.5. The van der Waals surface area contributed by atoms with Gasteiger partial charge >= 0.3 is 5.97 Å². The van der Waals surface area contributed by atoms with E-state index < -0.39 is 12.1 Å². The standard InChI is InChI=1S/C28H35N3O4/c1-35-23-8-9-26-25(18-23)24(11-14-30-26)27(32)10-7-20-12-16-31(19-21(20)17-28(33)34)15-4-6-22-5-2-3-13-29-22/h2-3,5,8-9,11,13-14,18,20-21,27,32H,4,6-7,10,12,15-17,19H2,1H3,(H,33,34)/t20-,21+,27-/m1/s1. The molecule has 1 fully saturated rings. The number of rotatable bonds is 11. The molecule has 2 aromatic heterocycles. The number of likely N-dealkylation sites (tertiary alicyclic amines) is 1. The predicted molar refractivity (Wildman–Crippen MR) is 135 cm³/mol. The summed E-state index contributed by atoms with van der Waals surface area (Å²) < 4.78 is 5.35. The Bertz CT molecular complexity index is 1110. The van der Waals surface area contributed by atoms with Gasteiger partial charge in [0.2, 0.25) is 0 Å². The Hall–Kier alpha value is -3.03. The fourth-order valence-electron chi connectivity index (χ4n) is 5.32. The number of aliphatic carboxylic acids is 1. The van der Waals surface area contributed by atoms with E-state index >= 15 is 0 Å². The molecule has 186 valence electrons. The first-order valence-corrected chi connectivity index (χ1v) is 12.5. The number of nitrogens with zero attached hydrogens (tertiary/aromatic N) is 3. The second kappa shape index (κ2) is 12.1. The molecule has 0 radical (unpaired) electrons. The van der Waals surface area contributed by atoms with Crippen molar-refractivity contribution < 1.29 is 19.7 Å². The molecular weight excluding hydrogens is 442 g/mol. The van der Waals surface area contributed by atoms with Gasteiger partial charge < -0.3 is 19.8 Å². The number of piperidine rings is 1. The third-order valence-corrected chi connectivity index (χ3v) is 7.20. The molecule has 0 spiro atoms. The van der Waals surface area contributed by atoms with Crippen LogP contribution in [0.1, 0.15) is 49.5 Å². The largest absolute Gasteiger partial charge is 0.497 e. The number of pyridine rings is 2. The van der Waals surface area contributed by atoms with Crippen molar-refractivity contribution in [2.24, 2.45) is 11.8 Å². The van der Waals surface area contributed by atoms with Crippen LogP contribution in [0.25, 0.3) is 10.9 Å². The van der Waals surface area contributed by atoms with Crippen LogP contribution in [0.3, 0.4) is 0 Å². The molecule has 0 aliphatic carbocycles. The zero-order chi connectivity index (χ0) is 24.6. The maximum atomic E-state index is 11.6. The highest BCUT2D eigenvalue weighted by molar-refractivity contribution is 5.83. The Morgan fingerprint density at radius 2 is 2.06 bits per heavy atom. The molecule has 0 unspecified atom stereocenters. The molecule has 3 heterocycles. The first-order valence-electron chi connectivity index (χ1n) is 12.5. The summed E-state index contributed by atoms with van der Waals surface area (Å²) >= 11 is 0. The first kappa shape index (κ1) is 25.1. The molecule has 3 aromatic rings. The lowest BCUT2D eigenvalue weighted by atomic mass is 9.79. The van der Waals surface area contributed by atoms with Gasteiger partial charge in [0.1, 0.15) is 5.75 Å². The number of hydrogen-bond acceptors (Lipinski definition) is 6. The molecule has 0 saturated carbocycles. The van der Waals surface area contributed by atoms with Crippen LogP contribution in [0.2, 0.25) is 0 Å². The summed E-state index contributed by atoms with van der Waals surface area (Å²) in [6, 6.07) is 13.5. The normalized spacial score (nSPS) is 19.5. The smallest absolute Gasteiger partial charge is 0.303 e. The summed E-state index contributed by atoms with van der Waals surface area (Å²) in [5, 5.41) is 21.5. The van der Waals surface area contributed by atoms with Gasteiger partial charge in [-0.25, -0.2) is 0 Å². The average Bonchev–Trinajstić information content (AvgIpc) is 2.87. The van der Waals surface area contributed by atoms with Crippen LogP contribution in [-0.4, -0.2) is 57.8 Å². The number of carbonyl (C=O) groups is 1. The van der Waals surface area contributed by atoms with Gasteiger partial charge in [0.05, 0.1) is 18.7 Å². The van der Waals surface area contributed by atoms with Crippen LogP contribution in [0.5, 0.6) is 5.75 Å². The first-order chi connectivity index (χ1) is 17.0. The molecule has 1 aromatic carbocycles. The molecule has 35 heavy (non-hydrogen) atoms. The van der Waals surface area contributed by atoms with Crippen molar-refractivity contribution in [3.8, 4) is 5.75 Å². The fraction of sp³-hybridized carbons (Fsp3) is 0.464. The molecule has 1 aliphatic heterocycles. The van der Waals surface area contributed by atoms with Gasteiger partial charge in [-0.3, -0.25) is 14.8 Å². The van der Waals surface area contributed by atoms with E-state index in [1.54, 1.807) is 13.3 Å². The third kappa shape index (κ3) is 6.77. The average molecular weight is 478 g/mol. The highest BCUT2D eigenvalue weighted by Gasteiger charge is 2.31. The minimum atomic E-state index is -0.747. The number of carboxylic acids is 1. The Labute approximate surface area is 206 Å². The number of benzene rings is 1. The summed E-state index contributed by atoms with van der Waals surface area (Å²) in [5.41, 5.74) is 2.76. The minimum Gasteiger partial charge on any atom is -0.497 e. The van der Waals surface area contributed by atoms with Crippen molar-refractivity contribution in [2.45, 2.75) is 44.6 Å². The lowest BCUT2D eigenvalue weighted by Gasteiger charge is -2.38. The molecule has 1 aliphatic rings. The number of ether oxygens (including phenoxy) is 1. The van der Waals surface area contributed by atoms with Gasteiger partial charge in [0.15, 0.2) is 0 Å². The lowest BCUT2D eigenvalue weighted by Crippen LogP contribution is -2.42. The molecule has 4 rings (SSSR count). The summed E-state index contributed by atoms with van der Waals surface area (Å²) in [6.45, 7) is 2.71. The van der Waals surface area contributed by atoms with Crippen molar-refractivity contribution in [1.82, 2.24) is 14.9 Å². The van der Waals surface area contributed by atoms with E-state index in [0.717, 1.165) is 73.2 Å². The van der Waals surface area contributed by atoms with Crippen molar-refractivity contribution in [1.29, 1.82) is 0 Å². The molecule has 2 N–H and O–H groups in total. The van der Waals surface area contributed by atoms with E-state index in [2.05, 4.69) is 14.9 Å². The summed E-state index contributed by atoms with van der Waals surface area (Å²) in [7, 11) is 1.63. The molecule has 3 atom stereocenters. The quantitative estimate of drug-likeness (QED) is 0.420. The Kier molecular flexibility index (Phi) is 8.66. The van der Waals surface area contributed by atoms with Crippen LogP contribution >= 0.6 is 0 Å². The van der Waals surface area contributed by atoms with E-state index in [1.165, 1.54) is 0 Å². The van der Waals surface area contributed by atoms with Crippen LogP contribution in [-0.2, 0) is 11.2 Å². The van der Waals surface area contributed by atoms with Gasteiger partial charge in [-0.1, -0.05) is 6.07 Å². The van der Waals surface area contributed by atoms with Crippen molar-refractivity contribution in [3.05, 3.63) is 66.1 Å². The predicted octanol–water partition coefficient (Wildman–Crippen LogP) is 4.50. The lowest BCUT2D eigenvalue weighted by molar-refractivity contribution is -0.139. The number of aliphatic hydroxyl groups excluding tert-OH is 1. The second-order valence-corrected chi connectivity index (χ2v) is 9.51. The van der Waals surface area contributed by atoms with Crippen LogP contribution in [0.4, 0.5) is 0 Å². The van der Waals surface area contributed by atoms with E-state index in [9.17, 15) is 15.0 Å². The van der Waals surface area contributed by atoms with E-state index in [4.69, 9.17) is 4.74 Å². The summed E-state index contributed by atoms with van der Waals surface area (Å²) in [4.78, 5) is 22.8. The molecule has 0 amide bonds. The van der Waals surface area contributed by atoms with Gasteiger partial charge in [-0.2, -0.15) is 0 Å². The van der Waals surface area contributed by atoms with Crippen molar-refractivity contribution in [2.75, 3.05) is 26.7 Å². The van der Waals surface area contributed by atoms with Crippen LogP contribution in [0, 0.1) is 11.8 Å². The minimum absolute atomic E-state index is 0.0950. The third-order valence-electron chi connectivity index (χ3n) is 7.20. The van der Waals surface area contributed by atoms with E-state index in [0.29, 0.717) is 6.42 Å². The Balaban J connectivity index is 1.35. The number of fused-ring (bicyclic) bond motifs is 1. The highest BCUT2D eigenvalue weighted by Crippen LogP contribution is 2.34.